The SMILES string of the molecule is CCCCCCCC(=O)O.O=C(O)CC(O)(CC(=O)O)C(=O)O.OCC(O)CO. The number of rotatable bonds is 13. The molecule has 172 valence electrons. The third-order valence-electron chi connectivity index (χ3n) is 3.20. The van der Waals surface area contributed by atoms with Crippen LogP contribution in [-0.2, 0) is 19.2 Å². The molecule has 0 aromatic rings. The number of hydrogen-bond acceptors (Lipinski definition) is 8. The molecular formula is C17H32O12. The Morgan fingerprint density at radius 2 is 1.17 bits per heavy atom. The number of aliphatic hydroxyl groups is 4. The maximum Gasteiger partial charge on any atom is 0.336 e. The van der Waals surface area contributed by atoms with Crippen LogP contribution in [0.15, 0.2) is 0 Å². The fraction of sp³-hybridized carbons (Fsp3) is 0.765. The lowest BCUT2D eigenvalue weighted by Gasteiger charge is -2.18. The smallest absolute Gasteiger partial charge is 0.336 e. The van der Waals surface area contributed by atoms with Crippen LogP contribution in [0.4, 0.5) is 0 Å². The third-order valence-corrected chi connectivity index (χ3v) is 3.20. The van der Waals surface area contributed by atoms with E-state index in [1.807, 2.05) is 0 Å². The highest BCUT2D eigenvalue weighted by molar-refractivity contribution is 5.88. The van der Waals surface area contributed by atoms with E-state index in [0.29, 0.717) is 6.42 Å². The molecule has 0 aromatic heterocycles. The monoisotopic (exact) mass is 428 g/mol. The molecule has 12 nitrogen and oxygen atoms in total. The number of unbranched alkanes of at least 4 members (excludes halogenated alkanes) is 4. The summed E-state index contributed by atoms with van der Waals surface area (Å²) in [5.41, 5.74) is -2.74. The zero-order chi connectivity index (χ0) is 23.5. The molecule has 0 atom stereocenters. The maximum atomic E-state index is 10.3. The summed E-state index contributed by atoms with van der Waals surface area (Å²) < 4.78 is 0. The van der Waals surface area contributed by atoms with E-state index in [9.17, 15) is 19.2 Å². The highest BCUT2D eigenvalue weighted by Crippen LogP contribution is 2.15. The molecule has 0 spiro atoms. The van der Waals surface area contributed by atoms with E-state index in [0.717, 1.165) is 12.8 Å². The minimum absolute atomic E-state index is 0.337. The van der Waals surface area contributed by atoms with Crippen LogP contribution < -0.4 is 0 Å². The second kappa shape index (κ2) is 19.1. The molecule has 0 amide bonds. The zero-order valence-corrected chi connectivity index (χ0v) is 16.4. The first-order valence-corrected chi connectivity index (χ1v) is 8.87. The molecule has 0 radical (unpaired) electrons. The van der Waals surface area contributed by atoms with Crippen LogP contribution in [0, 0.1) is 0 Å². The van der Waals surface area contributed by atoms with Crippen LogP contribution in [-0.4, -0.2) is 89.6 Å². The predicted molar refractivity (Wildman–Crippen MR) is 98.3 cm³/mol. The van der Waals surface area contributed by atoms with Crippen LogP contribution >= 0.6 is 0 Å². The highest BCUT2D eigenvalue weighted by atomic mass is 16.4. The van der Waals surface area contributed by atoms with Gasteiger partial charge < -0.3 is 40.9 Å². The van der Waals surface area contributed by atoms with E-state index in [1.54, 1.807) is 0 Å². The molecule has 0 unspecified atom stereocenters. The van der Waals surface area contributed by atoms with E-state index in [-0.39, 0.29) is 13.2 Å². The average Bonchev–Trinajstić information content (AvgIpc) is 2.60. The number of carbonyl (C=O) groups is 4. The Labute approximate surface area is 168 Å². The largest absolute Gasteiger partial charge is 0.481 e. The predicted octanol–water partition coefficient (Wildman–Crippen LogP) is -0.485. The lowest BCUT2D eigenvalue weighted by Crippen LogP contribution is -2.42. The minimum Gasteiger partial charge on any atom is -0.481 e. The molecule has 0 aliphatic carbocycles. The van der Waals surface area contributed by atoms with Gasteiger partial charge in [0, 0.05) is 6.42 Å². The summed E-state index contributed by atoms with van der Waals surface area (Å²) >= 11 is 0. The summed E-state index contributed by atoms with van der Waals surface area (Å²) in [5.74, 6) is -5.69. The molecule has 0 fully saturated rings. The maximum absolute atomic E-state index is 10.3. The van der Waals surface area contributed by atoms with Crippen LogP contribution in [0.3, 0.4) is 0 Å². The van der Waals surface area contributed by atoms with Crippen LogP contribution in [0.2, 0.25) is 0 Å². The summed E-state index contributed by atoms with van der Waals surface area (Å²) in [6.45, 7) is 1.42. The first-order valence-electron chi connectivity index (χ1n) is 8.87. The molecule has 0 saturated heterocycles. The summed E-state index contributed by atoms with van der Waals surface area (Å²) in [4.78, 5) is 40.5. The van der Waals surface area contributed by atoms with Gasteiger partial charge in [-0.15, -0.1) is 0 Å². The van der Waals surface area contributed by atoms with Gasteiger partial charge in [-0.05, 0) is 6.42 Å². The molecule has 8 N–H and O–H groups in total. The molecule has 29 heavy (non-hydrogen) atoms. The van der Waals surface area contributed by atoms with Gasteiger partial charge in [-0.1, -0.05) is 32.6 Å². The Morgan fingerprint density at radius 1 is 0.759 bits per heavy atom. The zero-order valence-electron chi connectivity index (χ0n) is 16.4. The lowest BCUT2D eigenvalue weighted by molar-refractivity contribution is -0.170. The second-order valence-corrected chi connectivity index (χ2v) is 6.05. The lowest BCUT2D eigenvalue weighted by atomic mass is 9.96. The number of hydrogen-bond donors (Lipinski definition) is 8. The van der Waals surface area contributed by atoms with E-state index >= 15 is 0 Å². The van der Waals surface area contributed by atoms with E-state index in [1.165, 1.54) is 19.3 Å². The van der Waals surface area contributed by atoms with E-state index in [4.69, 9.17) is 40.9 Å². The Bertz CT molecular complexity index is 457. The summed E-state index contributed by atoms with van der Waals surface area (Å²) in [6, 6.07) is 0. The van der Waals surface area contributed by atoms with Crippen LogP contribution in [0.25, 0.3) is 0 Å². The van der Waals surface area contributed by atoms with Gasteiger partial charge >= 0.3 is 23.9 Å². The first-order chi connectivity index (χ1) is 13.4. The van der Waals surface area contributed by atoms with Crippen molar-refractivity contribution >= 4 is 23.9 Å². The fourth-order valence-corrected chi connectivity index (χ4v) is 1.65. The molecule has 0 rings (SSSR count). The number of aliphatic hydroxyl groups excluding tert-OH is 3. The first kappa shape index (κ1) is 31.4. The van der Waals surface area contributed by atoms with Gasteiger partial charge in [-0.3, -0.25) is 14.4 Å². The third kappa shape index (κ3) is 23.7. The van der Waals surface area contributed by atoms with E-state index < -0.39 is 48.4 Å². The van der Waals surface area contributed by atoms with Crippen molar-refractivity contribution in [1.29, 1.82) is 0 Å². The quantitative estimate of drug-likeness (QED) is 0.174. The van der Waals surface area contributed by atoms with Gasteiger partial charge in [0.05, 0.1) is 26.1 Å². The van der Waals surface area contributed by atoms with Crippen molar-refractivity contribution < 1.29 is 60.0 Å². The van der Waals surface area contributed by atoms with Gasteiger partial charge in [-0.2, -0.15) is 0 Å². The van der Waals surface area contributed by atoms with Crippen molar-refractivity contribution in [2.24, 2.45) is 0 Å². The number of carboxylic acid groups (broad SMARTS) is 4. The molecule has 0 aromatic carbocycles. The van der Waals surface area contributed by atoms with Crippen molar-refractivity contribution in [3.05, 3.63) is 0 Å². The molecular weight excluding hydrogens is 396 g/mol. The molecule has 0 bridgehead atoms. The highest BCUT2D eigenvalue weighted by Gasteiger charge is 2.40. The van der Waals surface area contributed by atoms with Gasteiger partial charge in [0.15, 0.2) is 5.60 Å². The van der Waals surface area contributed by atoms with Gasteiger partial charge in [0.2, 0.25) is 0 Å². The van der Waals surface area contributed by atoms with Gasteiger partial charge in [0.25, 0.3) is 0 Å². The van der Waals surface area contributed by atoms with Crippen LogP contribution in [0.5, 0.6) is 0 Å². The Balaban J connectivity index is -0.000000375. The van der Waals surface area contributed by atoms with Crippen LogP contribution in [0.1, 0.15) is 58.3 Å². The van der Waals surface area contributed by atoms with Crippen molar-refractivity contribution in [2.75, 3.05) is 13.2 Å². The van der Waals surface area contributed by atoms with Crippen molar-refractivity contribution in [2.45, 2.75) is 70.0 Å². The van der Waals surface area contributed by atoms with Gasteiger partial charge in [-0.25, -0.2) is 4.79 Å². The van der Waals surface area contributed by atoms with Crippen molar-refractivity contribution in [1.82, 2.24) is 0 Å². The molecule has 0 saturated carbocycles. The van der Waals surface area contributed by atoms with E-state index in [2.05, 4.69) is 6.92 Å². The van der Waals surface area contributed by atoms with Crippen molar-refractivity contribution in [3.8, 4) is 0 Å². The second-order valence-electron chi connectivity index (χ2n) is 6.05. The number of aliphatic carboxylic acids is 4. The summed E-state index contributed by atoms with van der Waals surface area (Å²) in [6.07, 6.45) is 2.64. The summed E-state index contributed by atoms with van der Waals surface area (Å²) in [5, 5.41) is 66.1. The fourth-order valence-electron chi connectivity index (χ4n) is 1.65. The molecule has 0 heterocycles. The molecule has 0 aliphatic heterocycles. The standard InChI is InChI=1S/C8H16O2.C6H8O7.C3H8O3/c1-2-3-4-5-6-7-8(9)10;7-3(8)1-6(13,5(11)12)2-4(9)10;4-1-3(6)2-5/h2-7H2,1H3,(H,9,10);13H,1-2H2,(H,7,8)(H,9,10)(H,11,12);3-6H,1-2H2. The molecule has 12 heteroatoms. The Morgan fingerprint density at radius 3 is 1.41 bits per heavy atom. The normalized spacial score (nSPS) is 10.3. The Hall–Kier alpha value is -2.28. The topological polar surface area (TPSA) is 230 Å². The number of carboxylic acids is 4. The summed E-state index contributed by atoms with van der Waals surface area (Å²) in [7, 11) is 0. The minimum atomic E-state index is -2.74. The molecule has 0 aliphatic rings. The average molecular weight is 428 g/mol. The van der Waals surface area contributed by atoms with Crippen molar-refractivity contribution in [3.63, 3.8) is 0 Å². The Kier molecular flexibility index (Phi) is 20.6. The van der Waals surface area contributed by atoms with Gasteiger partial charge in [0.1, 0.15) is 6.10 Å².